The van der Waals surface area contributed by atoms with Gasteiger partial charge in [0.25, 0.3) is 0 Å². The summed E-state index contributed by atoms with van der Waals surface area (Å²) in [5.41, 5.74) is 1.09. The maximum absolute atomic E-state index is 5.56. The van der Waals surface area contributed by atoms with E-state index >= 15 is 0 Å². The molecule has 0 bridgehead atoms. The second-order valence-electron chi connectivity index (χ2n) is 5.90. The van der Waals surface area contributed by atoms with Crippen LogP contribution in [0.2, 0.25) is 0 Å². The SMILES string of the molecule is CCOc1ccc(NC(C)C2CCCN(C)C2)cc1OC. The molecule has 1 aromatic carbocycles. The number of rotatable bonds is 6. The molecule has 1 fully saturated rings. The highest BCUT2D eigenvalue weighted by molar-refractivity contribution is 5.55. The molecule has 0 saturated carbocycles. The van der Waals surface area contributed by atoms with Crippen molar-refractivity contribution >= 4 is 5.69 Å². The fourth-order valence-electron chi connectivity index (χ4n) is 3.03. The van der Waals surface area contributed by atoms with Gasteiger partial charge in [0.15, 0.2) is 11.5 Å². The maximum Gasteiger partial charge on any atom is 0.162 e. The summed E-state index contributed by atoms with van der Waals surface area (Å²) in [4.78, 5) is 2.42. The van der Waals surface area contributed by atoms with Crippen LogP contribution in [0.25, 0.3) is 0 Å². The van der Waals surface area contributed by atoms with E-state index in [2.05, 4.69) is 30.3 Å². The molecule has 1 aliphatic rings. The van der Waals surface area contributed by atoms with Crippen LogP contribution >= 0.6 is 0 Å². The van der Waals surface area contributed by atoms with Crippen LogP contribution in [0.5, 0.6) is 11.5 Å². The second-order valence-corrected chi connectivity index (χ2v) is 5.90. The van der Waals surface area contributed by atoms with E-state index in [4.69, 9.17) is 9.47 Å². The van der Waals surface area contributed by atoms with Crippen LogP contribution < -0.4 is 14.8 Å². The predicted molar refractivity (Wildman–Crippen MR) is 87.5 cm³/mol. The number of ether oxygens (including phenoxy) is 2. The lowest BCUT2D eigenvalue weighted by Gasteiger charge is -2.34. The number of piperidine rings is 1. The highest BCUT2D eigenvalue weighted by Gasteiger charge is 2.22. The molecule has 2 atom stereocenters. The van der Waals surface area contributed by atoms with Crippen LogP contribution in [0, 0.1) is 5.92 Å². The molecule has 2 rings (SSSR count). The van der Waals surface area contributed by atoms with Crippen molar-refractivity contribution in [3.8, 4) is 11.5 Å². The van der Waals surface area contributed by atoms with E-state index in [-0.39, 0.29) is 0 Å². The minimum Gasteiger partial charge on any atom is -0.493 e. The van der Waals surface area contributed by atoms with Gasteiger partial charge in [0, 0.05) is 24.3 Å². The third kappa shape index (κ3) is 4.27. The molecule has 4 heteroatoms. The molecule has 1 aliphatic heterocycles. The molecule has 1 heterocycles. The molecule has 1 N–H and O–H groups in total. The maximum atomic E-state index is 5.56. The van der Waals surface area contributed by atoms with Crippen molar-refractivity contribution in [2.24, 2.45) is 5.92 Å². The zero-order valence-corrected chi connectivity index (χ0v) is 13.7. The van der Waals surface area contributed by atoms with Gasteiger partial charge in [0.05, 0.1) is 13.7 Å². The summed E-state index contributed by atoms with van der Waals surface area (Å²) in [5.74, 6) is 2.28. The van der Waals surface area contributed by atoms with E-state index < -0.39 is 0 Å². The zero-order valence-electron chi connectivity index (χ0n) is 13.7. The highest BCUT2D eigenvalue weighted by atomic mass is 16.5. The van der Waals surface area contributed by atoms with Gasteiger partial charge in [-0.25, -0.2) is 0 Å². The van der Waals surface area contributed by atoms with E-state index in [0.29, 0.717) is 18.6 Å². The van der Waals surface area contributed by atoms with Gasteiger partial charge in [-0.3, -0.25) is 0 Å². The van der Waals surface area contributed by atoms with E-state index in [1.165, 1.54) is 25.9 Å². The van der Waals surface area contributed by atoms with Gasteiger partial charge < -0.3 is 19.7 Å². The van der Waals surface area contributed by atoms with Crippen LogP contribution in [-0.4, -0.2) is 44.8 Å². The molecular formula is C17H28N2O2. The molecule has 1 aromatic rings. The first-order valence-electron chi connectivity index (χ1n) is 7.90. The summed E-state index contributed by atoms with van der Waals surface area (Å²) in [6, 6.07) is 6.52. The Morgan fingerprint density at radius 2 is 2.19 bits per heavy atom. The third-order valence-corrected chi connectivity index (χ3v) is 4.23. The topological polar surface area (TPSA) is 33.7 Å². The van der Waals surface area contributed by atoms with Gasteiger partial charge in [0.2, 0.25) is 0 Å². The Morgan fingerprint density at radius 1 is 1.38 bits per heavy atom. The van der Waals surface area contributed by atoms with Crippen LogP contribution in [0.3, 0.4) is 0 Å². The zero-order chi connectivity index (χ0) is 15.2. The molecule has 1 saturated heterocycles. The Kier molecular flexibility index (Phi) is 5.74. The Labute approximate surface area is 128 Å². The lowest BCUT2D eigenvalue weighted by Crippen LogP contribution is -2.39. The normalized spacial score (nSPS) is 20.9. The van der Waals surface area contributed by atoms with Gasteiger partial charge in [-0.15, -0.1) is 0 Å². The second kappa shape index (κ2) is 7.55. The van der Waals surface area contributed by atoms with Crippen LogP contribution in [0.1, 0.15) is 26.7 Å². The van der Waals surface area contributed by atoms with Crippen LogP contribution in [-0.2, 0) is 0 Å². The molecule has 0 aromatic heterocycles. The van der Waals surface area contributed by atoms with Gasteiger partial charge in [-0.05, 0) is 58.3 Å². The van der Waals surface area contributed by atoms with Crippen molar-refractivity contribution in [2.75, 3.05) is 39.2 Å². The Bertz CT molecular complexity index is 450. The molecule has 4 nitrogen and oxygen atoms in total. The van der Waals surface area contributed by atoms with E-state index in [1.807, 2.05) is 19.1 Å². The van der Waals surface area contributed by atoms with Gasteiger partial charge >= 0.3 is 0 Å². The summed E-state index contributed by atoms with van der Waals surface area (Å²) in [6.45, 7) is 7.29. The lowest BCUT2D eigenvalue weighted by atomic mass is 9.92. The number of anilines is 1. The van der Waals surface area contributed by atoms with Crippen LogP contribution in [0.4, 0.5) is 5.69 Å². The number of benzene rings is 1. The summed E-state index contributed by atoms with van der Waals surface area (Å²) >= 11 is 0. The smallest absolute Gasteiger partial charge is 0.162 e. The van der Waals surface area contributed by atoms with Gasteiger partial charge in [0.1, 0.15) is 0 Å². The molecule has 0 amide bonds. The summed E-state index contributed by atoms with van der Waals surface area (Å²) in [6.07, 6.45) is 2.59. The first kappa shape index (κ1) is 16.0. The van der Waals surface area contributed by atoms with Crippen molar-refractivity contribution < 1.29 is 9.47 Å². The lowest BCUT2D eigenvalue weighted by molar-refractivity contribution is 0.197. The first-order chi connectivity index (χ1) is 10.1. The van der Waals surface area contributed by atoms with E-state index in [0.717, 1.165) is 17.2 Å². The Morgan fingerprint density at radius 3 is 2.86 bits per heavy atom. The first-order valence-corrected chi connectivity index (χ1v) is 7.90. The predicted octanol–water partition coefficient (Wildman–Crippen LogP) is 3.24. The van der Waals surface area contributed by atoms with Crippen molar-refractivity contribution in [2.45, 2.75) is 32.7 Å². The third-order valence-electron chi connectivity index (χ3n) is 4.23. The van der Waals surface area contributed by atoms with Gasteiger partial charge in [-0.1, -0.05) is 0 Å². The molecule has 2 unspecified atom stereocenters. The number of hydrogen-bond donors (Lipinski definition) is 1. The number of hydrogen-bond acceptors (Lipinski definition) is 4. The molecule has 0 aliphatic carbocycles. The fraction of sp³-hybridized carbons (Fsp3) is 0.647. The molecule has 0 radical (unpaired) electrons. The Hall–Kier alpha value is -1.42. The highest BCUT2D eigenvalue weighted by Crippen LogP contribution is 2.31. The van der Waals surface area contributed by atoms with Crippen LogP contribution in [0.15, 0.2) is 18.2 Å². The number of nitrogens with zero attached hydrogens (tertiary/aromatic N) is 1. The van der Waals surface area contributed by atoms with Gasteiger partial charge in [-0.2, -0.15) is 0 Å². The Balaban J connectivity index is 2.01. The number of methoxy groups -OCH3 is 1. The monoisotopic (exact) mass is 292 g/mol. The number of likely N-dealkylation sites (tertiary alicyclic amines) is 1. The quantitative estimate of drug-likeness (QED) is 0.873. The van der Waals surface area contributed by atoms with E-state index in [9.17, 15) is 0 Å². The van der Waals surface area contributed by atoms with Crippen molar-refractivity contribution in [1.82, 2.24) is 4.90 Å². The summed E-state index contributed by atoms with van der Waals surface area (Å²) < 4.78 is 11.0. The molecular weight excluding hydrogens is 264 g/mol. The van der Waals surface area contributed by atoms with Crippen molar-refractivity contribution in [3.63, 3.8) is 0 Å². The largest absolute Gasteiger partial charge is 0.493 e. The fourth-order valence-corrected chi connectivity index (χ4v) is 3.03. The van der Waals surface area contributed by atoms with Crippen molar-refractivity contribution in [1.29, 1.82) is 0 Å². The van der Waals surface area contributed by atoms with E-state index in [1.54, 1.807) is 7.11 Å². The standard InChI is InChI=1S/C17H28N2O2/c1-5-21-16-9-8-15(11-17(16)20-4)18-13(2)14-7-6-10-19(3)12-14/h8-9,11,13-14,18H,5-7,10,12H2,1-4H3. The molecule has 118 valence electrons. The number of nitrogens with one attached hydrogen (secondary N) is 1. The summed E-state index contributed by atoms with van der Waals surface area (Å²) in [7, 11) is 3.89. The average Bonchev–Trinajstić information content (AvgIpc) is 2.49. The minimum absolute atomic E-state index is 0.454. The molecule has 0 spiro atoms. The minimum atomic E-state index is 0.454. The molecule has 21 heavy (non-hydrogen) atoms. The average molecular weight is 292 g/mol. The summed E-state index contributed by atoms with van der Waals surface area (Å²) in [5, 5.41) is 3.61. The van der Waals surface area contributed by atoms with Crippen molar-refractivity contribution in [3.05, 3.63) is 18.2 Å².